The SMILES string of the molecule is COCC(C)(C)n1cnnc1Cl. The monoisotopic (exact) mass is 189 g/mol. The number of halogens is 1. The van der Waals surface area contributed by atoms with Gasteiger partial charge in [0.1, 0.15) is 6.33 Å². The van der Waals surface area contributed by atoms with E-state index in [1.54, 1.807) is 18.0 Å². The molecule has 0 aliphatic carbocycles. The van der Waals surface area contributed by atoms with Crippen molar-refractivity contribution in [2.24, 2.45) is 0 Å². The second-order valence-corrected chi connectivity index (χ2v) is 3.55. The van der Waals surface area contributed by atoms with Crippen molar-refractivity contribution in [3.63, 3.8) is 0 Å². The number of nitrogens with zero attached hydrogens (tertiary/aromatic N) is 3. The Balaban J connectivity index is 2.88. The van der Waals surface area contributed by atoms with Gasteiger partial charge in [-0.3, -0.25) is 4.57 Å². The number of hydrogen-bond acceptors (Lipinski definition) is 3. The number of rotatable bonds is 3. The molecule has 0 saturated heterocycles. The Bertz CT molecular complexity index is 259. The van der Waals surface area contributed by atoms with Crippen molar-refractivity contribution < 1.29 is 4.74 Å². The number of methoxy groups -OCH3 is 1. The van der Waals surface area contributed by atoms with Gasteiger partial charge in [-0.05, 0) is 25.4 Å². The summed E-state index contributed by atoms with van der Waals surface area (Å²) in [4.78, 5) is 0. The lowest BCUT2D eigenvalue weighted by molar-refractivity contribution is 0.109. The van der Waals surface area contributed by atoms with E-state index < -0.39 is 0 Å². The molecule has 0 radical (unpaired) electrons. The van der Waals surface area contributed by atoms with Crippen LogP contribution in [-0.2, 0) is 10.3 Å². The molecule has 1 heterocycles. The lowest BCUT2D eigenvalue weighted by atomic mass is 10.1. The van der Waals surface area contributed by atoms with Crippen LogP contribution >= 0.6 is 11.6 Å². The molecule has 0 atom stereocenters. The van der Waals surface area contributed by atoms with Crippen molar-refractivity contribution in [2.75, 3.05) is 13.7 Å². The first kappa shape index (κ1) is 9.48. The zero-order chi connectivity index (χ0) is 9.19. The lowest BCUT2D eigenvalue weighted by Gasteiger charge is -2.25. The highest BCUT2D eigenvalue weighted by atomic mass is 35.5. The number of aromatic nitrogens is 3. The molecule has 0 N–H and O–H groups in total. The van der Waals surface area contributed by atoms with Crippen LogP contribution in [0.1, 0.15) is 13.8 Å². The van der Waals surface area contributed by atoms with Crippen molar-refractivity contribution in [3.05, 3.63) is 11.6 Å². The van der Waals surface area contributed by atoms with Crippen LogP contribution in [0.5, 0.6) is 0 Å². The summed E-state index contributed by atoms with van der Waals surface area (Å²) in [6.07, 6.45) is 1.60. The third-order valence-electron chi connectivity index (χ3n) is 1.66. The van der Waals surface area contributed by atoms with E-state index in [1.165, 1.54) is 0 Å². The van der Waals surface area contributed by atoms with Crippen molar-refractivity contribution in [2.45, 2.75) is 19.4 Å². The van der Waals surface area contributed by atoms with Gasteiger partial charge in [0.2, 0.25) is 5.28 Å². The molecule has 0 aliphatic heterocycles. The maximum absolute atomic E-state index is 5.79. The van der Waals surface area contributed by atoms with Gasteiger partial charge in [0.25, 0.3) is 0 Å². The van der Waals surface area contributed by atoms with Crippen LogP contribution in [0.25, 0.3) is 0 Å². The molecule has 0 aliphatic rings. The molecule has 12 heavy (non-hydrogen) atoms. The van der Waals surface area contributed by atoms with Gasteiger partial charge in [0.15, 0.2) is 0 Å². The van der Waals surface area contributed by atoms with E-state index in [0.29, 0.717) is 11.9 Å². The summed E-state index contributed by atoms with van der Waals surface area (Å²) < 4.78 is 6.83. The molecule has 1 rings (SSSR count). The fraction of sp³-hybridized carbons (Fsp3) is 0.714. The molecule has 1 aromatic rings. The second-order valence-electron chi connectivity index (χ2n) is 3.22. The molecule has 5 heteroatoms. The molecule has 0 bridgehead atoms. The van der Waals surface area contributed by atoms with E-state index in [-0.39, 0.29) is 5.54 Å². The minimum atomic E-state index is -0.199. The lowest BCUT2D eigenvalue weighted by Crippen LogP contribution is -2.31. The first-order valence-corrected chi connectivity index (χ1v) is 4.00. The number of hydrogen-bond donors (Lipinski definition) is 0. The summed E-state index contributed by atoms with van der Waals surface area (Å²) in [5.41, 5.74) is -0.199. The number of ether oxygens (including phenoxy) is 1. The Kier molecular flexibility index (Phi) is 2.69. The Morgan fingerprint density at radius 1 is 1.67 bits per heavy atom. The van der Waals surface area contributed by atoms with Gasteiger partial charge in [-0.2, -0.15) is 0 Å². The maximum atomic E-state index is 5.79. The van der Waals surface area contributed by atoms with Gasteiger partial charge in [-0.1, -0.05) is 0 Å². The molecule has 0 spiro atoms. The summed E-state index contributed by atoms with van der Waals surface area (Å²) in [5, 5.41) is 7.77. The van der Waals surface area contributed by atoms with Crippen LogP contribution in [0.4, 0.5) is 0 Å². The van der Waals surface area contributed by atoms with Gasteiger partial charge >= 0.3 is 0 Å². The van der Waals surface area contributed by atoms with Crippen molar-refractivity contribution in [1.82, 2.24) is 14.8 Å². The fourth-order valence-corrected chi connectivity index (χ4v) is 1.37. The summed E-state index contributed by atoms with van der Waals surface area (Å²) >= 11 is 5.79. The third kappa shape index (κ3) is 1.76. The quantitative estimate of drug-likeness (QED) is 0.720. The predicted molar refractivity (Wildman–Crippen MR) is 46.2 cm³/mol. The van der Waals surface area contributed by atoms with E-state index in [1.807, 2.05) is 13.8 Å². The average Bonchev–Trinajstić information content (AvgIpc) is 2.35. The maximum Gasteiger partial charge on any atom is 0.225 e. The van der Waals surface area contributed by atoms with Crippen LogP contribution in [0.2, 0.25) is 5.28 Å². The molecule has 0 saturated carbocycles. The van der Waals surface area contributed by atoms with Crippen molar-refractivity contribution >= 4 is 11.6 Å². The van der Waals surface area contributed by atoms with Crippen LogP contribution in [-0.4, -0.2) is 28.5 Å². The Morgan fingerprint density at radius 3 is 2.75 bits per heavy atom. The van der Waals surface area contributed by atoms with Crippen LogP contribution in [0, 0.1) is 0 Å². The summed E-state index contributed by atoms with van der Waals surface area (Å²) in [6.45, 7) is 4.59. The highest BCUT2D eigenvalue weighted by Crippen LogP contribution is 2.18. The smallest absolute Gasteiger partial charge is 0.225 e. The predicted octanol–water partition coefficient (Wildman–Crippen LogP) is 1.31. The zero-order valence-electron chi connectivity index (χ0n) is 7.41. The fourth-order valence-electron chi connectivity index (χ4n) is 1.05. The van der Waals surface area contributed by atoms with E-state index in [9.17, 15) is 0 Å². The van der Waals surface area contributed by atoms with Crippen molar-refractivity contribution in [3.8, 4) is 0 Å². The minimum Gasteiger partial charge on any atom is -0.382 e. The normalized spacial score (nSPS) is 12.0. The summed E-state index contributed by atoms with van der Waals surface area (Å²) in [7, 11) is 1.65. The van der Waals surface area contributed by atoms with E-state index in [0.717, 1.165) is 0 Å². The van der Waals surface area contributed by atoms with E-state index in [4.69, 9.17) is 16.3 Å². The summed E-state index contributed by atoms with van der Waals surface area (Å²) in [5.74, 6) is 0. The van der Waals surface area contributed by atoms with E-state index in [2.05, 4.69) is 10.2 Å². The minimum absolute atomic E-state index is 0.199. The van der Waals surface area contributed by atoms with Gasteiger partial charge in [0, 0.05) is 7.11 Å². The zero-order valence-corrected chi connectivity index (χ0v) is 8.17. The first-order chi connectivity index (χ1) is 5.58. The second kappa shape index (κ2) is 3.41. The molecular weight excluding hydrogens is 178 g/mol. The van der Waals surface area contributed by atoms with Gasteiger partial charge in [-0.25, -0.2) is 0 Å². The van der Waals surface area contributed by atoms with Crippen LogP contribution in [0.3, 0.4) is 0 Å². The first-order valence-electron chi connectivity index (χ1n) is 3.63. The molecule has 0 amide bonds. The highest BCUT2D eigenvalue weighted by molar-refractivity contribution is 6.28. The average molecular weight is 190 g/mol. The van der Waals surface area contributed by atoms with Gasteiger partial charge in [-0.15, -0.1) is 10.2 Å². The molecule has 0 fully saturated rings. The highest BCUT2D eigenvalue weighted by Gasteiger charge is 2.22. The van der Waals surface area contributed by atoms with Gasteiger partial charge in [0.05, 0.1) is 12.1 Å². The van der Waals surface area contributed by atoms with Gasteiger partial charge < -0.3 is 4.74 Å². The molecule has 0 unspecified atom stereocenters. The Hall–Kier alpha value is -0.610. The molecule has 68 valence electrons. The van der Waals surface area contributed by atoms with Crippen LogP contribution in [0.15, 0.2) is 6.33 Å². The summed E-state index contributed by atoms with van der Waals surface area (Å²) in [6, 6.07) is 0. The Morgan fingerprint density at radius 2 is 2.33 bits per heavy atom. The standard InChI is InChI=1S/C7H12ClN3O/c1-7(2,4-12-3)11-5-9-10-6(11)8/h5H,4H2,1-3H3. The molecule has 0 aromatic carbocycles. The molecule has 1 aromatic heterocycles. The van der Waals surface area contributed by atoms with Crippen LogP contribution < -0.4 is 0 Å². The topological polar surface area (TPSA) is 39.9 Å². The third-order valence-corrected chi connectivity index (χ3v) is 1.91. The Labute approximate surface area is 76.5 Å². The molecule has 4 nitrogen and oxygen atoms in total. The van der Waals surface area contributed by atoms with E-state index >= 15 is 0 Å². The molecular formula is C7H12ClN3O. The van der Waals surface area contributed by atoms with Crippen molar-refractivity contribution in [1.29, 1.82) is 0 Å². The largest absolute Gasteiger partial charge is 0.382 e.